The van der Waals surface area contributed by atoms with E-state index in [0.717, 1.165) is 40.2 Å². The molecule has 0 saturated heterocycles. The second-order valence-electron chi connectivity index (χ2n) is 8.43. The van der Waals surface area contributed by atoms with Crippen LogP contribution in [0.15, 0.2) is 71.6 Å². The number of carbonyl (C=O) groups is 2. The van der Waals surface area contributed by atoms with Gasteiger partial charge in [0.15, 0.2) is 5.78 Å². The van der Waals surface area contributed by atoms with Gasteiger partial charge in [-0.05, 0) is 74.1 Å². The minimum Gasteiger partial charge on any atom is -0.490 e. The number of hydrogen-bond donors (Lipinski definition) is 1. The molecule has 0 aromatic heterocycles. The summed E-state index contributed by atoms with van der Waals surface area (Å²) in [5, 5.41) is 8.89. The number of aryl methyl sites for hydroxylation is 3. The highest BCUT2D eigenvalue weighted by atomic mass is 32.2. The average Bonchev–Trinajstić information content (AvgIpc) is 2.83. The van der Waals surface area contributed by atoms with Gasteiger partial charge in [-0.25, -0.2) is 0 Å². The van der Waals surface area contributed by atoms with Gasteiger partial charge in [0, 0.05) is 22.6 Å². The molecule has 4 nitrogen and oxygen atoms in total. The summed E-state index contributed by atoms with van der Waals surface area (Å²) in [6.45, 7) is 6.14. The molecule has 1 atom stereocenters. The van der Waals surface area contributed by atoms with Crippen LogP contribution in [0.5, 0.6) is 5.75 Å². The van der Waals surface area contributed by atoms with E-state index in [2.05, 4.69) is 19.1 Å². The topological polar surface area (TPSA) is 63.6 Å². The van der Waals surface area contributed by atoms with E-state index in [4.69, 9.17) is 9.84 Å². The van der Waals surface area contributed by atoms with Crippen LogP contribution in [0.25, 0.3) is 0 Å². The van der Waals surface area contributed by atoms with Crippen LogP contribution in [-0.2, 0) is 17.6 Å². The number of rotatable bonds is 12. The van der Waals surface area contributed by atoms with Crippen LogP contribution in [-0.4, -0.2) is 28.7 Å². The molecule has 0 aliphatic heterocycles. The molecule has 0 heterocycles. The number of carboxylic acids is 1. The van der Waals surface area contributed by atoms with Gasteiger partial charge in [0.25, 0.3) is 0 Å². The Hall–Kier alpha value is -3.05. The van der Waals surface area contributed by atoms with Gasteiger partial charge in [-0.3, -0.25) is 9.59 Å². The Balaban J connectivity index is 1.61. The maximum absolute atomic E-state index is 13.1. The number of ether oxygens (including phenoxy) is 1. The molecule has 34 heavy (non-hydrogen) atoms. The Morgan fingerprint density at radius 3 is 2.47 bits per heavy atom. The van der Waals surface area contributed by atoms with Crippen LogP contribution in [0.1, 0.15) is 59.3 Å². The molecule has 0 spiro atoms. The molecule has 0 bridgehead atoms. The first-order chi connectivity index (χ1) is 16.4. The lowest BCUT2D eigenvalue weighted by Crippen LogP contribution is -2.15. The van der Waals surface area contributed by atoms with E-state index in [1.807, 2.05) is 68.4 Å². The van der Waals surface area contributed by atoms with Gasteiger partial charge < -0.3 is 9.84 Å². The second-order valence-corrected chi connectivity index (χ2v) is 9.60. The molecule has 0 amide bonds. The van der Waals surface area contributed by atoms with Gasteiger partial charge in [-0.15, -0.1) is 11.8 Å². The van der Waals surface area contributed by atoms with Crippen molar-refractivity contribution in [3.63, 3.8) is 0 Å². The average molecular weight is 477 g/mol. The number of ketones is 1. The quantitative estimate of drug-likeness (QED) is 0.231. The fourth-order valence-corrected chi connectivity index (χ4v) is 4.83. The smallest absolute Gasteiger partial charge is 0.303 e. The molecule has 0 aliphatic carbocycles. The van der Waals surface area contributed by atoms with Gasteiger partial charge in [0.1, 0.15) is 5.75 Å². The molecule has 3 rings (SSSR count). The summed E-state index contributed by atoms with van der Waals surface area (Å²) in [4.78, 5) is 25.1. The fraction of sp³-hybridized carbons (Fsp3) is 0.310. The zero-order valence-electron chi connectivity index (χ0n) is 20.0. The monoisotopic (exact) mass is 476 g/mol. The van der Waals surface area contributed by atoms with E-state index in [1.54, 1.807) is 11.8 Å². The maximum atomic E-state index is 13.1. The molecular formula is C29H32O4S. The van der Waals surface area contributed by atoms with Crippen molar-refractivity contribution in [1.29, 1.82) is 0 Å². The number of benzene rings is 3. The molecule has 178 valence electrons. The first-order valence-corrected chi connectivity index (χ1v) is 12.7. The highest BCUT2D eigenvalue weighted by molar-refractivity contribution is 7.99. The highest BCUT2D eigenvalue weighted by Gasteiger charge is 2.17. The fourth-order valence-electron chi connectivity index (χ4n) is 3.72. The van der Waals surface area contributed by atoms with Crippen molar-refractivity contribution in [3.05, 3.63) is 94.5 Å². The summed E-state index contributed by atoms with van der Waals surface area (Å²) < 4.78 is 6.23. The predicted octanol–water partition coefficient (Wildman–Crippen LogP) is 6.76. The zero-order chi connectivity index (χ0) is 24.5. The number of thioether (sulfide) groups is 1. The van der Waals surface area contributed by atoms with E-state index in [9.17, 15) is 9.59 Å². The van der Waals surface area contributed by atoms with Gasteiger partial charge in [0.05, 0.1) is 11.7 Å². The molecule has 5 heteroatoms. The first-order valence-electron chi connectivity index (χ1n) is 11.7. The summed E-state index contributed by atoms with van der Waals surface area (Å²) >= 11 is 1.76. The third-order valence-corrected chi connectivity index (χ3v) is 6.80. The van der Waals surface area contributed by atoms with Crippen molar-refractivity contribution in [2.45, 2.75) is 57.5 Å². The molecule has 0 fully saturated rings. The van der Waals surface area contributed by atoms with Gasteiger partial charge in [-0.2, -0.15) is 0 Å². The molecule has 3 aromatic rings. The van der Waals surface area contributed by atoms with Crippen LogP contribution < -0.4 is 4.74 Å². The van der Waals surface area contributed by atoms with Crippen LogP contribution in [0.3, 0.4) is 0 Å². The molecular weight excluding hydrogens is 444 g/mol. The molecule has 1 unspecified atom stereocenters. The third-order valence-electron chi connectivity index (χ3n) is 5.78. The van der Waals surface area contributed by atoms with E-state index >= 15 is 0 Å². The lowest BCUT2D eigenvalue weighted by atomic mass is 9.99. The van der Waals surface area contributed by atoms with Crippen LogP contribution in [0.2, 0.25) is 0 Å². The number of hydrogen-bond acceptors (Lipinski definition) is 4. The summed E-state index contributed by atoms with van der Waals surface area (Å²) in [5.74, 6) is 0.710. The Bertz CT molecular complexity index is 1120. The minimum atomic E-state index is -0.773. The largest absolute Gasteiger partial charge is 0.490 e. The lowest BCUT2D eigenvalue weighted by Gasteiger charge is -2.18. The SMILES string of the molecule is CCc1ccc(OC(C)CCSc2ccc(CCC(=O)O)c(C)c2)c(C(=O)c2ccccc2)c1. The number of carbonyl (C=O) groups excluding carboxylic acids is 1. The normalized spacial score (nSPS) is 11.7. The van der Waals surface area contributed by atoms with E-state index in [1.165, 1.54) is 0 Å². The second kappa shape index (κ2) is 12.4. The molecule has 0 radical (unpaired) electrons. The van der Waals surface area contributed by atoms with E-state index < -0.39 is 5.97 Å². The van der Waals surface area contributed by atoms with Crippen LogP contribution >= 0.6 is 11.8 Å². The van der Waals surface area contributed by atoms with Crippen LogP contribution in [0.4, 0.5) is 0 Å². The van der Waals surface area contributed by atoms with Crippen molar-refractivity contribution in [3.8, 4) is 5.75 Å². The summed E-state index contributed by atoms with van der Waals surface area (Å²) in [5.41, 5.74) is 4.57. The van der Waals surface area contributed by atoms with Gasteiger partial charge in [-0.1, -0.05) is 49.4 Å². The summed E-state index contributed by atoms with van der Waals surface area (Å²) in [7, 11) is 0. The van der Waals surface area contributed by atoms with Crippen LogP contribution in [0, 0.1) is 6.92 Å². The molecule has 0 saturated carbocycles. The van der Waals surface area contributed by atoms with E-state index in [-0.39, 0.29) is 18.3 Å². The Labute approximate surface area is 206 Å². The predicted molar refractivity (Wildman–Crippen MR) is 138 cm³/mol. The van der Waals surface area contributed by atoms with Gasteiger partial charge in [0.2, 0.25) is 0 Å². The zero-order valence-corrected chi connectivity index (χ0v) is 20.9. The van der Waals surface area contributed by atoms with E-state index in [0.29, 0.717) is 23.3 Å². The standard InChI is InChI=1S/C29H32O4S/c1-4-22-10-14-27(26(19-22)29(32)24-8-6-5-7-9-24)33-21(3)16-17-34-25-13-11-23(20(2)18-25)12-15-28(30)31/h5-11,13-14,18-19,21H,4,12,15-17H2,1-3H3,(H,30,31). The highest BCUT2D eigenvalue weighted by Crippen LogP contribution is 2.27. The van der Waals surface area contributed by atoms with Crippen molar-refractivity contribution in [1.82, 2.24) is 0 Å². The number of aliphatic carboxylic acids is 1. The van der Waals surface area contributed by atoms with Gasteiger partial charge >= 0.3 is 5.97 Å². The molecule has 1 N–H and O–H groups in total. The summed E-state index contributed by atoms with van der Waals surface area (Å²) in [6.07, 6.45) is 2.35. The third kappa shape index (κ3) is 7.22. The van der Waals surface area contributed by atoms with Crippen molar-refractivity contribution < 1.29 is 19.4 Å². The Morgan fingerprint density at radius 1 is 1.03 bits per heavy atom. The Kier molecular flexibility index (Phi) is 9.34. The van der Waals surface area contributed by atoms with Crippen molar-refractivity contribution in [2.24, 2.45) is 0 Å². The summed E-state index contributed by atoms with van der Waals surface area (Å²) in [6, 6.07) is 21.4. The van der Waals surface area contributed by atoms with Crippen molar-refractivity contribution >= 4 is 23.5 Å². The van der Waals surface area contributed by atoms with Crippen molar-refractivity contribution in [2.75, 3.05) is 5.75 Å². The molecule has 3 aromatic carbocycles. The molecule has 0 aliphatic rings. The minimum absolute atomic E-state index is 0.0223. The first kappa shape index (κ1) is 25.6. The Morgan fingerprint density at radius 2 is 1.79 bits per heavy atom. The number of carboxylic acid groups (broad SMARTS) is 1. The maximum Gasteiger partial charge on any atom is 0.303 e. The lowest BCUT2D eigenvalue weighted by molar-refractivity contribution is -0.136.